The predicted molar refractivity (Wildman–Crippen MR) is 103 cm³/mol. The quantitative estimate of drug-likeness (QED) is 0.573. The molecule has 0 N–H and O–H groups in total. The molecule has 2 aromatic carbocycles. The Kier molecular flexibility index (Phi) is 4.88. The molecule has 0 bridgehead atoms. The van der Waals surface area contributed by atoms with E-state index in [9.17, 15) is 13.2 Å². The molecule has 2 aromatic rings. The van der Waals surface area contributed by atoms with E-state index in [0.717, 1.165) is 23.4 Å². The van der Waals surface area contributed by atoms with E-state index in [1.54, 1.807) is 5.55 Å². The summed E-state index contributed by atoms with van der Waals surface area (Å²) >= 11 is 0. The zero-order valence-electron chi connectivity index (χ0n) is 14.7. The van der Waals surface area contributed by atoms with Gasteiger partial charge in [0.1, 0.15) is 0 Å². The Bertz CT molecular complexity index is 885. The average molecular weight is 376 g/mol. The van der Waals surface area contributed by atoms with Crippen molar-refractivity contribution in [3.63, 3.8) is 0 Å². The Morgan fingerprint density at radius 3 is 1.96 bits per heavy atom. The summed E-state index contributed by atoms with van der Waals surface area (Å²) in [6, 6.07) is 13.1. The Labute approximate surface area is 153 Å². The van der Waals surface area contributed by atoms with Gasteiger partial charge in [-0.15, -0.1) is 0 Å². The van der Waals surface area contributed by atoms with Crippen LogP contribution in [0.5, 0.6) is 0 Å². The zero-order chi connectivity index (χ0) is 18.9. The lowest BCUT2D eigenvalue weighted by Gasteiger charge is -2.19. The fourth-order valence-corrected chi connectivity index (χ4v) is 3.63. The van der Waals surface area contributed by atoms with Crippen molar-refractivity contribution < 1.29 is 13.2 Å². The highest BCUT2D eigenvalue weighted by Gasteiger charge is 2.29. The first kappa shape index (κ1) is 18.6. The largest absolute Gasteiger partial charge is 0.416 e. The summed E-state index contributed by atoms with van der Waals surface area (Å²) in [5.41, 5.74) is 4.75. The third-order valence-corrected chi connectivity index (χ3v) is 5.19. The molecule has 2 nitrogen and oxygen atoms in total. The van der Waals surface area contributed by atoms with Crippen molar-refractivity contribution in [1.82, 2.24) is 0 Å². The van der Waals surface area contributed by atoms with E-state index in [1.807, 2.05) is 17.5 Å². The number of alkyl halides is 3. The SMILES string of the molecule is CC(C)(C)c1ccc(C2=CS(=Nc3ccc(C(F)(F)F)cc3)C=N2)cc1. The van der Waals surface area contributed by atoms with Gasteiger partial charge in [-0.1, -0.05) is 45.0 Å². The van der Waals surface area contributed by atoms with Crippen LogP contribution >= 0.6 is 0 Å². The first-order chi connectivity index (χ1) is 12.1. The van der Waals surface area contributed by atoms with Crippen molar-refractivity contribution in [3.05, 3.63) is 70.6 Å². The molecule has 1 aliphatic heterocycles. The van der Waals surface area contributed by atoms with Crippen molar-refractivity contribution in [2.75, 3.05) is 0 Å². The minimum absolute atomic E-state index is 0.0913. The number of aliphatic imine (C=N–C) groups is 1. The van der Waals surface area contributed by atoms with Crippen LogP contribution in [0.2, 0.25) is 0 Å². The van der Waals surface area contributed by atoms with Crippen LogP contribution in [-0.2, 0) is 22.3 Å². The van der Waals surface area contributed by atoms with Gasteiger partial charge in [-0.05, 0) is 45.9 Å². The minimum Gasteiger partial charge on any atom is -0.247 e. The Balaban J connectivity index is 1.79. The maximum atomic E-state index is 12.6. The maximum absolute atomic E-state index is 12.6. The first-order valence-electron chi connectivity index (χ1n) is 8.11. The van der Waals surface area contributed by atoms with Gasteiger partial charge < -0.3 is 0 Å². The average Bonchev–Trinajstić information content (AvgIpc) is 3.02. The van der Waals surface area contributed by atoms with E-state index >= 15 is 0 Å². The van der Waals surface area contributed by atoms with E-state index in [4.69, 9.17) is 0 Å². The summed E-state index contributed by atoms with van der Waals surface area (Å²) in [6.45, 7) is 6.49. The minimum atomic E-state index is -4.33. The third kappa shape index (κ3) is 4.30. The van der Waals surface area contributed by atoms with Crippen LogP contribution in [0.4, 0.5) is 18.9 Å². The van der Waals surface area contributed by atoms with E-state index in [1.165, 1.54) is 17.7 Å². The summed E-state index contributed by atoms with van der Waals surface area (Å²) in [5, 5.41) is 1.93. The monoisotopic (exact) mass is 376 g/mol. The van der Waals surface area contributed by atoms with Crippen molar-refractivity contribution in [1.29, 1.82) is 0 Å². The maximum Gasteiger partial charge on any atom is 0.416 e. The first-order valence-corrected chi connectivity index (χ1v) is 9.42. The molecule has 136 valence electrons. The molecule has 0 fully saturated rings. The molecule has 6 heteroatoms. The molecular formula is C20H19F3N2S. The van der Waals surface area contributed by atoms with Crippen molar-refractivity contribution in [3.8, 4) is 0 Å². The lowest BCUT2D eigenvalue weighted by Crippen LogP contribution is -2.10. The standard InChI is InChI=1S/C20H19F3N2S/c1-19(2,3)15-6-4-14(5-7-15)18-12-26(13-24-18)25-17-10-8-16(9-11-17)20(21,22)23/h4-13H,1-3H3. The van der Waals surface area contributed by atoms with E-state index in [2.05, 4.69) is 42.3 Å². The number of halogens is 3. The molecular weight excluding hydrogens is 357 g/mol. The second-order valence-corrected chi connectivity index (χ2v) is 8.37. The highest BCUT2D eigenvalue weighted by atomic mass is 32.2. The van der Waals surface area contributed by atoms with Crippen LogP contribution < -0.4 is 0 Å². The van der Waals surface area contributed by atoms with Gasteiger partial charge in [-0.25, -0.2) is 9.36 Å². The lowest BCUT2D eigenvalue weighted by atomic mass is 9.86. The number of hydrogen-bond donors (Lipinski definition) is 0. The number of benzene rings is 2. The fourth-order valence-electron chi connectivity index (χ4n) is 2.45. The van der Waals surface area contributed by atoms with Gasteiger partial charge in [0, 0.05) is 11.0 Å². The third-order valence-electron chi connectivity index (χ3n) is 3.98. The molecule has 0 aromatic heterocycles. The Hall–Kier alpha value is -2.21. The van der Waals surface area contributed by atoms with Gasteiger partial charge in [-0.3, -0.25) is 0 Å². The summed E-state index contributed by atoms with van der Waals surface area (Å²) in [7, 11) is -0.569. The summed E-state index contributed by atoms with van der Waals surface area (Å²) in [4.78, 5) is 4.41. The van der Waals surface area contributed by atoms with Crippen molar-refractivity contribution in [2.24, 2.45) is 9.36 Å². The second-order valence-electron chi connectivity index (χ2n) is 7.05. The van der Waals surface area contributed by atoms with Crippen LogP contribution in [0.25, 0.3) is 5.70 Å². The molecule has 0 aliphatic carbocycles. The Morgan fingerprint density at radius 2 is 1.42 bits per heavy atom. The highest BCUT2D eigenvalue weighted by molar-refractivity contribution is 8.03. The topological polar surface area (TPSA) is 24.7 Å². The molecule has 1 heterocycles. The van der Waals surface area contributed by atoms with Gasteiger partial charge >= 0.3 is 6.18 Å². The lowest BCUT2D eigenvalue weighted by molar-refractivity contribution is -0.137. The van der Waals surface area contributed by atoms with E-state index < -0.39 is 22.4 Å². The molecule has 1 atom stereocenters. The molecule has 0 saturated heterocycles. The van der Waals surface area contributed by atoms with Crippen LogP contribution in [-0.4, -0.2) is 5.55 Å². The van der Waals surface area contributed by atoms with Crippen LogP contribution in [0.15, 0.2) is 63.3 Å². The fraction of sp³-hybridized carbons (Fsp3) is 0.250. The second kappa shape index (κ2) is 6.83. The molecule has 0 saturated carbocycles. The van der Waals surface area contributed by atoms with Gasteiger partial charge in [0.05, 0.1) is 22.5 Å². The number of rotatable bonds is 2. The van der Waals surface area contributed by atoms with E-state index in [0.29, 0.717) is 5.69 Å². The summed E-state index contributed by atoms with van der Waals surface area (Å²) < 4.78 is 42.3. The van der Waals surface area contributed by atoms with Crippen molar-refractivity contribution >= 4 is 27.6 Å². The molecule has 1 aliphatic rings. The smallest absolute Gasteiger partial charge is 0.247 e. The number of hydrogen-bond acceptors (Lipinski definition) is 2. The van der Waals surface area contributed by atoms with Crippen molar-refractivity contribution in [2.45, 2.75) is 32.4 Å². The molecule has 1 unspecified atom stereocenters. The van der Waals surface area contributed by atoms with Crippen LogP contribution in [0.3, 0.4) is 0 Å². The molecule has 0 spiro atoms. The highest BCUT2D eigenvalue weighted by Crippen LogP contribution is 2.31. The molecule has 0 amide bonds. The van der Waals surface area contributed by atoms with Crippen LogP contribution in [0.1, 0.15) is 37.5 Å². The summed E-state index contributed by atoms with van der Waals surface area (Å²) in [5.74, 6) is 0. The predicted octanol–water partition coefficient (Wildman–Crippen LogP) is 6.48. The molecule has 26 heavy (non-hydrogen) atoms. The van der Waals surface area contributed by atoms with E-state index in [-0.39, 0.29) is 5.41 Å². The van der Waals surface area contributed by atoms with Gasteiger partial charge in [0.25, 0.3) is 0 Å². The normalized spacial score (nSPS) is 17.6. The molecule has 0 radical (unpaired) electrons. The van der Waals surface area contributed by atoms with Crippen LogP contribution in [0, 0.1) is 0 Å². The summed E-state index contributed by atoms with van der Waals surface area (Å²) in [6.07, 6.45) is -4.33. The van der Waals surface area contributed by atoms with Gasteiger partial charge in [0.2, 0.25) is 0 Å². The Morgan fingerprint density at radius 1 is 0.846 bits per heavy atom. The van der Waals surface area contributed by atoms with Gasteiger partial charge in [-0.2, -0.15) is 13.2 Å². The molecule has 3 rings (SSSR count). The zero-order valence-corrected chi connectivity index (χ0v) is 15.5. The number of nitrogens with zero attached hydrogens (tertiary/aromatic N) is 2. The van der Waals surface area contributed by atoms with Gasteiger partial charge in [0.15, 0.2) is 0 Å².